The van der Waals surface area contributed by atoms with E-state index in [0.717, 1.165) is 53.6 Å². The van der Waals surface area contributed by atoms with Crippen molar-refractivity contribution >= 4 is 11.6 Å². The lowest BCUT2D eigenvalue weighted by Crippen LogP contribution is -2.34. The van der Waals surface area contributed by atoms with Gasteiger partial charge in [-0.1, -0.05) is 29.8 Å². The molecule has 0 unspecified atom stereocenters. The maximum Gasteiger partial charge on any atom is 0.270 e. The standard InChI is InChI=1S/C24H23N3O4/c1-15-6-8-16(9-7-15)23-18-4-2-3-5-19(18)24(29)27(26-23)13-22(28)25-17-10-11-20-21(12-17)31-14-30-20/h6-12H,2-5,13-14H2,1H3,(H,25,28). The van der Waals surface area contributed by atoms with E-state index in [1.54, 1.807) is 18.2 Å². The number of carbonyl (C=O) groups excluding carboxylic acids is 1. The number of hydrogen-bond donors (Lipinski definition) is 1. The van der Waals surface area contributed by atoms with Gasteiger partial charge in [-0.2, -0.15) is 5.10 Å². The van der Waals surface area contributed by atoms with Crippen molar-refractivity contribution in [1.82, 2.24) is 9.78 Å². The maximum absolute atomic E-state index is 13.1. The molecule has 7 heteroatoms. The highest BCUT2D eigenvalue weighted by molar-refractivity contribution is 5.91. The van der Waals surface area contributed by atoms with E-state index in [0.29, 0.717) is 17.2 Å². The molecule has 0 spiro atoms. The number of hydrogen-bond acceptors (Lipinski definition) is 5. The fourth-order valence-corrected chi connectivity index (χ4v) is 4.15. The molecule has 0 bridgehead atoms. The lowest BCUT2D eigenvalue weighted by molar-refractivity contribution is -0.117. The van der Waals surface area contributed by atoms with E-state index >= 15 is 0 Å². The number of nitrogens with zero attached hydrogens (tertiary/aromatic N) is 2. The Morgan fingerprint density at radius 2 is 1.77 bits per heavy atom. The van der Waals surface area contributed by atoms with Crippen LogP contribution >= 0.6 is 0 Å². The number of rotatable bonds is 4. The average molecular weight is 417 g/mol. The molecule has 0 saturated heterocycles. The van der Waals surface area contributed by atoms with Gasteiger partial charge in [-0.15, -0.1) is 0 Å². The highest BCUT2D eigenvalue weighted by Crippen LogP contribution is 2.34. The molecule has 3 aromatic rings. The van der Waals surface area contributed by atoms with Crippen LogP contribution in [0.5, 0.6) is 11.5 Å². The minimum absolute atomic E-state index is 0.153. The molecule has 2 heterocycles. The highest BCUT2D eigenvalue weighted by Gasteiger charge is 2.22. The third kappa shape index (κ3) is 3.79. The molecule has 0 fully saturated rings. The molecule has 7 nitrogen and oxygen atoms in total. The molecule has 1 aliphatic heterocycles. The van der Waals surface area contributed by atoms with Crippen LogP contribution in [0.3, 0.4) is 0 Å². The van der Waals surface area contributed by atoms with Crippen LogP contribution < -0.4 is 20.3 Å². The first-order chi connectivity index (χ1) is 15.1. The summed E-state index contributed by atoms with van der Waals surface area (Å²) in [6.07, 6.45) is 3.58. The average Bonchev–Trinajstić information content (AvgIpc) is 3.24. The van der Waals surface area contributed by atoms with Gasteiger partial charge in [0.2, 0.25) is 12.7 Å². The van der Waals surface area contributed by atoms with Crippen molar-refractivity contribution in [1.29, 1.82) is 0 Å². The highest BCUT2D eigenvalue weighted by atomic mass is 16.7. The van der Waals surface area contributed by atoms with Crippen LogP contribution in [0.4, 0.5) is 5.69 Å². The van der Waals surface area contributed by atoms with E-state index in [2.05, 4.69) is 10.4 Å². The number of benzene rings is 2. The first-order valence-electron chi connectivity index (χ1n) is 10.5. The van der Waals surface area contributed by atoms with Crippen molar-refractivity contribution in [2.45, 2.75) is 39.2 Å². The topological polar surface area (TPSA) is 82.5 Å². The Labute approximate surface area is 179 Å². The summed E-state index contributed by atoms with van der Waals surface area (Å²) in [4.78, 5) is 25.8. The van der Waals surface area contributed by atoms with Crippen molar-refractivity contribution in [2.24, 2.45) is 0 Å². The van der Waals surface area contributed by atoms with Crippen LogP contribution in [-0.2, 0) is 24.2 Å². The van der Waals surface area contributed by atoms with Gasteiger partial charge >= 0.3 is 0 Å². The van der Waals surface area contributed by atoms with Gasteiger partial charge in [0.25, 0.3) is 5.56 Å². The molecule has 2 aliphatic rings. The second-order valence-electron chi connectivity index (χ2n) is 7.96. The van der Waals surface area contributed by atoms with Gasteiger partial charge in [-0.25, -0.2) is 4.68 Å². The molecule has 0 radical (unpaired) electrons. The molecule has 1 aromatic heterocycles. The van der Waals surface area contributed by atoms with Crippen molar-refractivity contribution in [3.05, 3.63) is 69.5 Å². The van der Waals surface area contributed by atoms with Gasteiger partial charge in [-0.05, 0) is 50.3 Å². The summed E-state index contributed by atoms with van der Waals surface area (Å²) in [5, 5.41) is 7.44. The normalized spacial score (nSPS) is 14.2. The Bertz CT molecular complexity index is 1210. The molecule has 2 aromatic carbocycles. The van der Waals surface area contributed by atoms with Crippen LogP contribution in [0.2, 0.25) is 0 Å². The van der Waals surface area contributed by atoms with E-state index in [1.807, 2.05) is 31.2 Å². The fourth-order valence-electron chi connectivity index (χ4n) is 4.15. The number of aryl methyl sites for hydroxylation is 1. The smallest absolute Gasteiger partial charge is 0.270 e. The number of aromatic nitrogens is 2. The van der Waals surface area contributed by atoms with E-state index in [9.17, 15) is 9.59 Å². The van der Waals surface area contributed by atoms with Gasteiger partial charge in [-0.3, -0.25) is 9.59 Å². The molecule has 0 atom stereocenters. The largest absolute Gasteiger partial charge is 0.454 e. The van der Waals surface area contributed by atoms with Crippen LogP contribution in [0.25, 0.3) is 11.3 Å². The van der Waals surface area contributed by atoms with Crippen molar-refractivity contribution in [3.63, 3.8) is 0 Å². The van der Waals surface area contributed by atoms with E-state index < -0.39 is 0 Å². The molecular formula is C24H23N3O4. The molecule has 1 amide bonds. The third-order valence-corrected chi connectivity index (χ3v) is 5.74. The predicted molar refractivity (Wildman–Crippen MR) is 117 cm³/mol. The minimum atomic E-state index is -0.320. The predicted octanol–water partition coefficient (Wildman–Crippen LogP) is 3.46. The van der Waals surface area contributed by atoms with Crippen LogP contribution in [0.15, 0.2) is 47.3 Å². The van der Waals surface area contributed by atoms with Crippen LogP contribution in [-0.4, -0.2) is 22.5 Å². The Morgan fingerprint density at radius 3 is 2.58 bits per heavy atom. The third-order valence-electron chi connectivity index (χ3n) is 5.74. The Kier molecular flexibility index (Phi) is 4.94. The zero-order chi connectivity index (χ0) is 21.4. The summed E-state index contributed by atoms with van der Waals surface area (Å²) in [6.45, 7) is 2.05. The van der Waals surface area contributed by atoms with Crippen LogP contribution in [0.1, 0.15) is 29.5 Å². The lowest BCUT2D eigenvalue weighted by Gasteiger charge is -2.20. The maximum atomic E-state index is 13.1. The monoisotopic (exact) mass is 417 g/mol. The molecular weight excluding hydrogens is 394 g/mol. The Balaban J connectivity index is 1.46. The number of ether oxygens (including phenoxy) is 2. The number of carbonyl (C=O) groups is 1. The summed E-state index contributed by atoms with van der Waals surface area (Å²) >= 11 is 0. The molecule has 5 rings (SSSR count). The molecule has 0 saturated carbocycles. The first-order valence-corrected chi connectivity index (χ1v) is 10.5. The summed E-state index contributed by atoms with van der Waals surface area (Å²) in [7, 11) is 0. The Hall–Kier alpha value is -3.61. The lowest BCUT2D eigenvalue weighted by atomic mass is 9.89. The van der Waals surface area contributed by atoms with Gasteiger partial charge in [0.15, 0.2) is 11.5 Å². The summed E-state index contributed by atoms with van der Waals surface area (Å²) in [6, 6.07) is 13.3. The van der Waals surface area contributed by atoms with Crippen molar-refractivity contribution in [3.8, 4) is 22.8 Å². The second kappa shape index (κ2) is 7.91. The van der Waals surface area contributed by atoms with Crippen LogP contribution in [0, 0.1) is 6.92 Å². The number of anilines is 1. The molecule has 1 N–H and O–H groups in total. The molecule has 158 valence electrons. The first kappa shape index (κ1) is 19.4. The Morgan fingerprint density at radius 1 is 1.03 bits per heavy atom. The minimum Gasteiger partial charge on any atom is -0.454 e. The second-order valence-corrected chi connectivity index (χ2v) is 7.96. The van der Waals surface area contributed by atoms with Gasteiger partial charge in [0.1, 0.15) is 6.54 Å². The van der Waals surface area contributed by atoms with Gasteiger partial charge < -0.3 is 14.8 Å². The number of nitrogens with one attached hydrogen (secondary N) is 1. The summed E-state index contributed by atoms with van der Waals surface area (Å²) in [5.74, 6) is 0.913. The molecule has 1 aliphatic carbocycles. The zero-order valence-corrected chi connectivity index (χ0v) is 17.3. The van der Waals surface area contributed by atoms with Gasteiger partial charge in [0.05, 0.1) is 5.69 Å². The van der Waals surface area contributed by atoms with E-state index in [4.69, 9.17) is 9.47 Å². The summed E-state index contributed by atoms with van der Waals surface area (Å²) < 4.78 is 11.9. The van der Waals surface area contributed by atoms with Gasteiger partial charge in [0, 0.05) is 22.9 Å². The number of fused-ring (bicyclic) bond motifs is 2. The number of amides is 1. The van der Waals surface area contributed by atoms with E-state index in [1.165, 1.54) is 4.68 Å². The zero-order valence-electron chi connectivity index (χ0n) is 17.3. The molecule has 31 heavy (non-hydrogen) atoms. The van der Waals surface area contributed by atoms with E-state index in [-0.39, 0.29) is 24.8 Å². The van der Waals surface area contributed by atoms with Crippen molar-refractivity contribution in [2.75, 3.05) is 12.1 Å². The fraction of sp³-hybridized carbons (Fsp3) is 0.292. The SMILES string of the molecule is Cc1ccc(-c2nn(CC(=O)Nc3ccc4c(c3)OCO4)c(=O)c3c2CCCC3)cc1. The quantitative estimate of drug-likeness (QED) is 0.703. The van der Waals surface area contributed by atoms with Crippen molar-refractivity contribution < 1.29 is 14.3 Å². The summed E-state index contributed by atoms with van der Waals surface area (Å²) in [5.41, 5.74) is 5.14.